The maximum Gasteiger partial charge on any atom is 0.292 e. The Kier molecular flexibility index (Phi) is 6.12. The lowest BCUT2D eigenvalue weighted by atomic mass is 9.99. The van der Waals surface area contributed by atoms with Crippen molar-refractivity contribution in [3.63, 3.8) is 0 Å². The lowest BCUT2D eigenvalue weighted by Gasteiger charge is -2.34. The Morgan fingerprint density at radius 3 is 2.60 bits per heavy atom. The van der Waals surface area contributed by atoms with Gasteiger partial charge in [-0.3, -0.25) is 9.69 Å². The number of ether oxygens (including phenoxy) is 1. The molecule has 0 spiro atoms. The van der Waals surface area contributed by atoms with E-state index in [9.17, 15) is 4.79 Å². The van der Waals surface area contributed by atoms with Gasteiger partial charge in [-0.15, -0.1) is 0 Å². The van der Waals surface area contributed by atoms with Gasteiger partial charge >= 0.3 is 0 Å². The molecule has 3 heterocycles. The zero-order valence-electron chi connectivity index (χ0n) is 15.7. The van der Waals surface area contributed by atoms with Gasteiger partial charge in [-0.05, 0) is 18.8 Å². The van der Waals surface area contributed by atoms with Gasteiger partial charge in [0.15, 0.2) is 0 Å². The van der Waals surface area contributed by atoms with E-state index >= 15 is 0 Å². The molecule has 3 rings (SSSR count). The van der Waals surface area contributed by atoms with Crippen LogP contribution in [-0.2, 0) is 4.74 Å². The molecule has 6 nitrogen and oxygen atoms in total. The molecule has 2 atom stereocenters. The van der Waals surface area contributed by atoms with Crippen molar-refractivity contribution < 1.29 is 14.1 Å². The van der Waals surface area contributed by atoms with Crippen LogP contribution in [0.2, 0.25) is 0 Å². The predicted molar refractivity (Wildman–Crippen MR) is 95.7 cm³/mol. The molecule has 2 aliphatic heterocycles. The fourth-order valence-electron chi connectivity index (χ4n) is 4.19. The van der Waals surface area contributed by atoms with Gasteiger partial charge in [0.05, 0.1) is 18.9 Å². The minimum Gasteiger partial charge on any atom is -0.379 e. The Balaban J connectivity index is 1.68. The van der Waals surface area contributed by atoms with E-state index in [1.807, 2.05) is 11.0 Å². The number of nitrogens with zero attached hydrogens (tertiary/aromatic N) is 3. The van der Waals surface area contributed by atoms with Crippen molar-refractivity contribution in [2.24, 2.45) is 5.92 Å². The third-order valence-electron chi connectivity index (χ3n) is 5.88. The van der Waals surface area contributed by atoms with Crippen LogP contribution < -0.4 is 0 Å². The molecule has 0 N–H and O–H groups in total. The first-order chi connectivity index (χ1) is 12.2. The average Bonchev–Trinajstić information content (AvgIpc) is 3.30. The van der Waals surface area contributed by atoms with Crippen LogP contribution in [0.25, 0.3) is 0 Å². The largest absolute Gasteiger partial charge is 0.379 e. The third-order valence-corrected chi connectivity index (χ3v) is 5.88. The highest BCUT2D eigenvalue weighted by atomic mass is 16.5. The maximum absolute atomic E-state index is 12.9. The van der Waals surface area contributed by atoms with Gasteiger partial charge in [-0.2, -0.15) is 0 Å². The molecule has 1 aromatic rings. The Bertz CT molecular complexity index is 564. The molecule has 140 valence electrons. The van der Waals surface area contributed by atoms with Crippen LogP contribution in [0.1, 0.15) is 62.2 Å². The van der Waals surface area contributed by atoms with E-state index in [1.165, 1.54) is 0 Å². The van der Waals surface area contributed by atoms with E-state index in [-0.39, 0.29) is 5.91 Å². The Morgan fingerprint density at radius 1 is 1.24 bits per heavy atom. The third kappa shape index (κ3) is 3.90. The summed E-state index contributed by atoms with van der Waals surface area (Å²) in [4.78, 5) is 17.3. The number of carbonyl (C=O) groups excluding carboxylic acids is 1. The number of aromatic nitrogens is 1. The van der Waals surface area contributed by atoms with E-state index in [0.717, 1.165) is 64.3 Å². The van der Waals surface area contributed by atoms with Gasteiger partial charge in [0.25, 0.3) is 5.91 Å². The summed E-state index contributed by atoms with van der Waals surface area (Å²) in [6.07, 6.45) is 3.11. The maximum atomic E-state index is 12.9. The summed E-state index contributed by atoms with van der Waals surface area (Å²) >= 11 is 0. The smallest absolute Gasteiger partial charge is 0.292 e. The van der Waals surface area contributed by atoms with Crippen molar-refractivity contribution in [3.8, 4) is 0 Å². The Morgan fingerprint density at radius 2 is 1.96 bits per heavy atom. The zero-order valence-corrected chi connectivity index (χ0v) is 15.7. The summed E-state index contributed by atoms with van der Waals surface area (Å²) in [5.41, 5.74) is 0.907. The van der Waals surface area contributed by atoms with Gasteiger partial charge in [0, 0.05) is 44.2 Å². The van der Waals surface area contributed by atoms with Crippen molar-refractivity contribution in [2.75, 3.05) is 39.4 Å². The molecule has 0 aliphatic carbocycles. The Labute approximate surface area is 150 Å². The minimum atomic E-state index is -0.0149. The molecule has 1 amide bonds. The summed E-state index contributed by atoms with van der Waals surface area (Å²) in [6.45, 7) is 11.6. The van der Waals surface area contributed by atoms with Crippen LogP contribution in [0.4, 0.5) is 0 Å². The van der Waals surface area contributed by atoms with E-state index in [4.69, 9.17) is 9.26 Å². The molecular weight excluding hydrogens is 318 g/mol. The second-order valence-corrected chi connectivity index (χ2v) is 7.22. The Hall–Kier alpha value is -1.40. The van der Waals surface area contributed by atoms with Crippen LogP contribution in [0.5, 0.6) is 0 Å². The number of morpholine rings is 1. The van der Waals surface area contributed by atoms with Crippen LogP contribution in [0, 0.1) is 5.92 Å². The summed E-state index contributed by atoms with van der Waals surface area (Å²) in [6, 6.07) is 2.28. The van der Waals surface area contributed by atoms with Crippen LogP contribution in [0.3, 0.4) is 0 Å². The van der Waals surface area contributed by atoms with E-state index in [2.05, 4.69) is 30.8 Å². The van der Waals surface area contributed by atoms with Crippen molar-refractivity contribution in [2.45, 2.75) is 52.0 Å². The van der Waals surface area contributed by atoms with Crippen LogP contribution in [0.15, 0.2) is 10.6 Å². The van der Waals surface area contributed by atoms with Gasteiger partial charge in [0.1, 0.15) is 0 Å². The number of likely N-dealkylation sites (tertiary alicyclic amines) is 1. The van der Waals surface area contributed by atoms with E-state index in [1.54, 1.807) is 0 Å². The molecule has 6 heteroatoms. The number of hydrogen-bond donors (Lipinski definition) is 0. The highest BCUT2D eigenvalue weighted by Gasteiger charge is 2.39. The van der Waals surface area contributed by atoms with Crippen molar-refractivity contribution in [3.05, 3.63) is 17.5 Å². The first-order valence-corrected chi connectivity index (χ1v) is 9.75. The van der Waals surface area contributed by atoms with Crippen molar-refractivity contribution in [1.82, 2.24) is 15.0 Å². The molecule has 2 fully saturated rings. The van der Waals surface area contributed by atoms with Crippen LogP contribution in [-0.4, -0.2) is 66.3 Å². The molecule has 2 saturated heterocycles. The number of hydrogen-bond acceptors (Lipinski definition) is 5. The van der Waals surface area contributed by atoms with Gasteiger partial charge < -0.3 is 14.2 Å². The molecule has 25 heavy (non-hydrogen) atoms. The minimum absolute atomic E-state index is 0.0149. The summed E-state index contributed by atoms with van der Waals surface area (Å²) in [7, 11) is 0. The average molecular weight is 349 g/mol. The normalized spacial score (nSPS) is 25.0. The highest BCUT2D eigenvalue weighted by molar-refractivity contribution is 5.91. The fourth-order valence-corrected chi connectivity index (χ4v) is 4.19. The SMILES string of the molecule is CCC(CC)c1cc(C(=O)N2C[C@@H](CC)[C@H](N3CCOCC3)C2)on1. The molecule has 0 aromatic carbocycles. The summed E-state index contributed by atoms with van der Waals surface area (Å²) in [5.74, 6) is 1.26. The second kappa shape index (κ2) is 8.32. The predicted octanol–water partition coefficient (Wildman–Crippen LogP) is 2.76. The van der Waals surface area contributed by atoms with Gasteiger partial charge in [-0.1, -0.05) is 32.3 Å². The van der Waals surface area contributed by atoms with Gasteiger partial charge in [-0.25, -0.2) is 0 Å². The van der Waals surface area contributed by atoms with E-state index in [0.29, 0.717) is 23.6 Å². The molecule has 1 aromatic heterocycles. The number of carbonyl (C=O) groups is 1. The number of rotatable bonds is 6. The fraction of sp³-hybridized carbons (Fsp3) is 0.789. The number of amides is 1. The highest BCUT2D eigenvalue weighted by Crippen LogP contribution is 2.28. The van der Waals surface area contributed by atoms with Crippen molar-refractivity contribution in [1.29, 1.82) is 0 Å². The quantitative estimate of drug-likeness (QED) is 0.790. The topological polar surface area (TPSA) is 58.8 Å². The molecule has 2 aliphatic rings. The van der Waals surface area contributed by atoms with Crippen LogP contribution >= 0.6 is 0 Å². The lowest BCUT2D eigenvalue weighted by molar-refractivity contribution is 0.0102. The molecule has 0 radical (unpaired) electrons. The first kappa shape index (κ1) is 18.4. The molecule has 0 saturated carbocycles. The monoisotopic (exact) mass is 349 g/mol. The zero-order chi connectivity index (χ0) is 17.8. The standard InChI is InChI=1S/C19H31N3O3/c1-4-14(5-2)16-11-18(25-20-16)19(23)22-12-15(6-3)17(13-22)21-7-9-24-10-8-21/h11,14-15,17H,4-10,12-13H2,1-3H3/t15-,17-/m1/s1. The second-order valence-electron chi connectivity index (χ2n) is 7.22. The lowest BCUT2D eigenvalue weighted by Crippen LogP contribution is -2.47. The molecular formula is C19H31N3O3. The summed E-state index contributed by atoms with van der Waals surface area (Å²) < 4.78 is 10.9. The van der Waals surface area contributed by atoms with E-state index < -0.39 is 0 Å². The first-order valence-electron chi connectivity index (χ1n) is 9.75. The molecule has 0 unspecified atom stereocenters. The van der Waals surface area contributed by atoms with Gasteiger partial charge in [0.2, 0.25) is 5.76 Å². The summed E-state index contributed by atoms with van der Waals surface area (Å²) in [5, 5.41) is 4.15. The molecule has 0 bridgehead atoms. The van der Waals surface area contributed by atoms with Crippen molar-refractivity contribution >= 4 is 5.91 Å².